The minimum atomic E-state index is -0.289. The zero-order chi connectivity index (χ0) is 19.7. The van der Waals surface area contributed by atoms with E-state index in [0.29, 0.717) is 17.5 Å². The Morgan fingerprint density at radius 1 is 1.11 bits per heavy atom. The highest BCUT2D eigenvalue weighted by Crippen LogP contribution is 2.28. The number of halogens is 1. The van der Waals surface area contributed by atoms with Gasteiger partial charge >= 0.3 is 0 Å². The molecule has 5 nitrogen and oxygen atoms in total. The van der Waals surface area contributed by atoms with Crippen LogP contribution in [0.1, 0.15) is 18.1 Å². The summed E-state index contributed by atoms with van der Waals surface area (Å²) in [6.45, 7) is 3.29. The van der Waals surface area contributed by atoms with Gasteiger partial charge in [0.25, 0.3) is 0 Å². The lowest BCUT2D eigenvalue weighted by Gasteiger charge is -2.30. The molecule has 1 amide bonds. The Labute approximate surface area is 167 Å². The SMILES string of the molecule is CC(Sc1nnc(-c2ccc(F)cc2)n1C)C(=O)N1CCc2ccccc2C1. The Kier molecular flexibility index (Phi) is 5.17. The molecule has 2 heterocycles. The van der Waals surface area contributed by atoms with Gasteiger partial charge in [0.1, 0.15) is 5.82 Å². The molecule has 28 heavy (non-hydrogen) atoms. The molecule has 3 aromatic rings. The van der Waals surface area contributed by atoms with Gasteiger partial charge < -0.3 is 9.47 Å². The van der Waals surface area contributed by atoms with E-state index in [4.69, 9.17) is 0 Å². The van der Waals surface area contributed by atoms with Crippen molar-refractivity contribution in [1.29, 1.82) is 0 Å². The normalized spacial score (nSPS) is 14.6. The molecular weight excluding hydrogens is 375 g/mol. The standard InChI is InChI=1S/C21H21FN4OS/c1-14(20(27)26-12-11-15-5-3-4-6-17(15)13-26)28-21-24-23-19(25(21)2)16-7-9-18(22)10-8-16/h3-10,14H,11-13H2,1-2H3. The highest BCUT2D eigenvalue weighted by molar-refractivity contribution is 8.00. The number of carbonyl (C=O) groups excluding carboxylic acids is 1. The molecule has 1 aliphatic heterocycles. The summed E-state index contributed by atoms with van der Waals surface area (Å²) in [4.78, 5) is 14.9. The summed E-state index contributed by atoms with van der Waals surface area (Å²) in [6, 6.07) is 14.4. The largest absolute Gasteiger partial charge is 0.337 e. The monoisotopic (exact) mass is 396 g/mol. The van der Waals surface area contributed by atoms with Crippen molar-refractivity contribution in [2.75, 3.05) is 6.54 Å². The fraction of sp³-hybridized carbons (Fsp3) is 0.286. The van der Waals surface area contributed by atoms with Crippen molar-refractivity contribution in [3.05, 3.63) is 65.5 Å². The molecule has 2 aromatic carbocycles. The van der Waals surface area contributed by atoms with Gasteiger partial charge in [0.2, 0.25) is 5.91 Å². The first-order valence-corrected chi connectivity index (χ1v) is 10.1. The van der Waals surface area contributed by atoms with Crippen LogP contribution in [0.5, 0.6) is 0 Å². The number of rotatable bonds is 4. The lowest BCUT2D eigenvalue weighted by Crippen LogP contribution is -2.40. The molecule has 4 rings (SSSR count). The molecule has 0 spiro atoms. The smallest absolute Gasteiger partial charge is 0.236 e. The van der Waals surface area contributed by atoms with Gasteiger partial charge in [-0.15, -0.1) is 10.2 Å². The van der Waals surface area contributed by atoms with Crippen molar-refractivity contribution in [1.82, 2.24) is 19.7 Å². The van der Waals surface area contributed by atoms with E-state index in [-0.39, 0.29) is 17.0 Å². The van der Waals surface area contributed by atoms with Crippen molar-refractivity contribution in [2.45, 2.75) is 30.3 Å². The van der Waals surface area contributed by atoms with Gasteiger partial charge in [0, 0.05) is 25.7 Å². The first kappa shape index (κ1) is 18.7. The molecule has 1 unspecified atom stereocenters. The van der Waals surface area contributed by atoms with Crippen LogP contribution in [0, 0.1) is 5.82 Å². The Bertz CT molecular complexity index is 1000. The molecule has 0 saturated carbocycles. The Morgan fingerprint density at radius 2 is 1.82 bits per heavy atom. The molecule has 144 valence electrons. The van der Waals surface area contributed by atoms with Crippen LogP contribution >= 0.6 is 11.8 Å². The number of carbonyl (C=O) groups is 1. The third kappa shape index (κ3) is 3.67. The first-order chi connectivity index (χ1) is 13.5. The fourth-order valence-corrected chi connectivity index (χ4v) is 4.32. The van der Waals surface area contributed by atoms with E-state index in [1.54, 1.807) is 12.1 Å². The second kappa shape index (κ2) is 7.75. The Morgan fingerprint density at radius 3 is 2.57 bits per heavy atom. The first-order valence-electron chi connectivity index (χ1n) is 9.20. The summed E-state index contributed by atoms with van der Waals surface area (Å²) in [7, 11) is 1.86. The molecule has 0 bridgehead atoms. The maximum absolute atomic E-state index is 13.1. The molecule has 0 fully saturated rings. The van der Waals surface area contributed by atoms with E-state index in [9.17, 15) is 9.18 Å². The molecule has 1 atom stereocenters. The van der Waals surface area contributed by atoms with Gasteiger partial charge in [0.05, 0.1) is 5.25 Å². The number of hydrogen-bond donors (Lipinski definition) is 0. The molecule has 0 saturated heterocycles. The minimum Gasteiger partial charge on any atom is -0.337 e. The Hall–Kier alpha value is -2.67. The van der Waals surface area contributed by atoms with Crippen molar-refractivity contribution < 1.29 is 9.18 Å². The summed E-state index contributed by atoms with van der Waals surface area (Å²) >= 11 is 1.40. The van der Waals surface area contributed by atoms with E-state index in [1.807, 2.05) is 35.6 Å². The second-order valence-corrected chi connectivity index (χ2v) is 8.22. The third-order valence-electron chi connectivity index (χ3n) is 5.01. The number of benzene rings is 2. The van der Waals surface area contributed by atoms with Gasteiger partial charge in [0.15, 0.2) is 11.0 Å². The van der Waals surface area contributed by atoms with Crippen LogP contribution < -0.4 is 0 Å². The number of aromatic nitrogens is 3. The van der Waals surface area contributed by atoms with Crippen LogP contribution in [-0.4, -0.2) is 37.4 Å². The summed E-state index contributed by atoms with van der Waals surface area (Å²) in [5.74, 6) is 0.461. The zero-order valence-corrected chi connectivity index (χ0v) is 16.6. The van der Waals surface area contributed by atoms with E-state index < -0.39 is 0 Å². The second-order valence-electron chi connectivity index (χ2n) is 6.91. The van der Waals surface area contributed by atoms with Crippen molar-refractivity contribution in [2.24, 2.45) is 7.05 Å². The molecular formula is C21H21FN4OS. The Balaban J connectivity index is 1.46. The van der Waals surface area contributed by atoms with Gasteiger partial charge in [-0.1, -0.05) is 36.0 Å². The lowest BCUT2D eigenvalue weighted by molar-refractivity contribution is -0.131. The van der Waals surface area contributed by atoms with E-state index in [1.165, 1.54) is 35.0 Å². The fourth-order valence-electron chi connectivity index (χ4n) is 3.42. The van der Waals surface area contributed by atoms with Crippen molar-refractivity contribution in [3.8, 4) is 11.4 Å². The van der Waals surface area contributed by atoms with Crippen LogP contribution in [0.2, 0.25) is 0 Å². The highest BCUT2D eigenvalue weighted by atomic mass is 32.2. The maximum atomic E-state index is 13.1. The third-order valence-corrected chi connectivity index (χ3v) is 6.13. The topological polar surface area (TPSA) is 51.0 Å². The molecule has 0 aliphatic carbocycles. The average molecular weight is 396 g/mol. The van der Waals surface area contributed by atoms with Crippen molar-refractivity contribution >= 4 is 17.7 Å². The van der Waals surface area contributed by atoms with Crippen LogP contribution in [-0.2, 0) is 24.8 Å². The quantitative estimate of drug-likeness (QED) is 0.631. The van der Waals surface area contributed by atoms with Gasteiger partial charge in [-0.05, 0) is 48.7 Å². The molecule has 1 aliphatic rings. The van der Waals surface area contributed by atoms with Crippen molar-refractivity contribution in [3.63, 3.8) is 0 Å². The summed E-state index contributed by atoms with van der Waals surface area (Å²) in [5, 5.41) is 8.84. The number of hydrogen-bond acceptors (Lipinski definition) is 4. The molecule has 0 radical (unpaired) electrons. The zero-order valence-electron chi connectivity index (χ0n) is 15.8. The van der Waals surface area contributed by atoms with E-state index >= 15 is 0 Å². The van der Waals surface area contributed by atoms with Gasteiger partial charge in [-0.3, -0.25) is 4.79 Å². The van der Waals surface area contributed by atoms with Crippen LogP contribution in [0.15, 0.2) is 53.7 Å². The number of amides is 1. The van der Waals surface area contributed by atoms with Crippen LogP contribution in [0.3, 0.4) is 0 Å². The summed E-state index contributed by atoms with van der Waals surface area (Å²) < 4.78 is 15.0. The lowest BCUT2D eigenvalue weighted by atomic mass is 10.00. The van der Waals surface area contributed by atoms with Crippen LogP contribution in [0.4, 0.5) is 4.39 Å². The van der Waals surface area contributed by atoms with Gasteiger partial charge in [-0.25, -0.2) is 4.39 Å². The molecule has 0 N–H and O–H groups in total. The van der Waals surface area contributed by atoms with E-state index in [0.717, 1.165) is 18.5 Å². The number of nitrogens with zero attached hydrogens (tertiary/aromatic N) is 4. The number of fused-ring (bicyclic) bond motifs is 1. The summed E-state index contributed by atoms with van der Waals surface area (Å²) in [6.07, 6.45) is 0.887. The van der Waals surface area contributed by atoms with Crippen LogP contribution in [0.25, 0.3) is 11.4 Å². The number of thioether (sulfide) groups is 1. The van der Waals surface area contributed by atoms with Gasteiger partial charge in [-0.2, -0.15) is 0 Å². The predicted molar refractivity (Wildman–Crippen MR) is 107 cm³/mol. The average Bonchev–Trinajstić information content (AvgIpc) is 3.08. The highest BCUT2D eigenvalue weighted by Gasteiger charge is 2.26. The molecule has 7 heteroatoms. The predicted octanol–water partition coefficient (Wildman–Crippen LogP) is 3.69. The molecule has 1 aromatic heterocycles. The van der Waals surface area contributed by atoms with E-state index in [2.05, 4.69) is 22.3 Å². The maximum Gasteiger partial charge on any atom is 0.236 e. The summed E-state index contributed by atoms with van der Waals surface area (Å²) in [5.41, 5.74) is 3.33. The minimum absolute atomic E-state index is 0.103.